The van der Waals surface area contributed by atoms with E-state index in [-0.39, 0.29) is 0 Å². The molecule has 2 heterocycles. The van der Waals surface area contributed by atoms with E-state index >= 15 is 0 Å². The largest absolute Gasteiger partial charge is 0.354 e. The van der Waals surface area contributed by atoms with E-state index in [1.54, 1.807) is 6.33 Å². The fourth-order valence-corrected chi connectivity index (χ4v) is 3.86. The van der Waals surface area contributed by atoms with E-state index in [4.69, 9.17) is 5.73 Å². The highest BCUT2D eigenvalue weighted by Gasteiger charge is 2.29. The van der Waals surface area contributed by atoms with E-state index in [0.29, 0.717) is 12.0 Å². The van der Waals surface area contributed by atoms with Gasteiger partial charge in [0.1, 0.15) is 12.1 Å². The second-order valence-electron chi connectivity index (χ2n) is 7.31. The summed E-state index contributed by atoms with van der Waals surface area (Å²) in [6, 6.07) is 2.57. The van der Waals surface area contributed by atoms with Crippen LogP contribution in [0, 0.1) is 5.92 Å². The van der Waals surface area contributed by atoms with Gasteiger partial charge in [0.15, 0.2) is 0 Å². The lowest BCUT2D eigenvalue weighted by Gasteiger charge is -2.39. The van der Waals surface area contributed by atoms with Gasteiger partial charge in [0.2, 0.25) is 0 Å². The summed E-state index contributed by atoms with van der Waals surface area (Å²) in [5.74, 6) is 2.63. The number of anilines is 1. The maximum absolute atomic E-state index is 5.90. The Labute approximate surface area is 132 Å². The van der Waals surface area contributed by atoms with E-state index in [2.05, 4.69) is 25.8 Å². The van der Waals surface area contributed by atoms with Crippen molar-refractivity contribution in [3.8, 4) is 0 Å². The first-order valence-electron chi connectivity index (χ1n) is 8.83. The minimum atomic E-state index is 0.374. The molecular formula is C17H27N5. The van der Waals surface area contributed by atoms with Gasteiger partial charge in [0, 0.05) is 56.4 Å². The number of rotatable bonds is 4. The van der Waals surface area contributed by atoms with Crippen LogP contribution in [0.5, 0.6) is 0 Å². The van der Waals surface area contributed by atoms with Crippen molar-refractivity contribution >= 4 is 5.82 Å². The Morgan fingerprint density at radius 1 is 1.09 bits per heavy atom. The van der Waals surface area contributed by atoms with Crippen LogP contribution < -0.4 is 10.6 Å². The number of nitrogens with two attached hydrogens (primary N) is 1. The lowest BCUT2D eigenvalue weighted by Crippen LogP contribution is -2.48. The molecule has 120 valence electrons. The van der Waals surface area contributed by atoms with Crippen LogP contribution >= 0.6 is 0 Å². The molecule has 5 nitrogen and oxygen atoms in total. The number of aromatic nitrogens is 2. The van der Waals surface area contributed by atoms with Crippen molar-refractivity contribution < 1.29 is 0 Å². The molecule has 5 heteroatoms. The van der Waals surface area contributed by atoms with E-state index in [0.717, 1.165) is 37.7 Å². The first-order chi connectivity index (χ1) is 10.8. The van der Waals surface area contributed by atoms with Crippen LogP contribution in [0.3, 0.4) is 0 Å². The van der Waals surface area contributed by atoms with Gasteiger partial charge in [-0.2, -0.15) is 0 Å². The summed E-state index contributed by atoms with van der Waals surface area (Å²) < 4.78 is 0. The minimum Gasteiger partial charge on any atom is -0.354 e. The number of piperazine rings is 1. The Morgan fingerprint density at radius 3 is 2.50 bits per heavy atom. The lowest BCUT2D eigenvalue weighted by atomic mass is 9.78. The monoisotopic (exact) mass is 301 g/mol. The summed E-state index contributed by atoms with van der Waals surface area (Å²) in [4.78, 5) is 14.0. The van der Waals surface area contributed by atoms with Crippen molar-refractivity contribution in [3.05, 3.63) is 18.1 Å². The van der Waals surface area contributed by atoms with Crippen LogP contribution in [-0.4, -0.2) is 53.6 Å². The summed E-state index contributed by atoms with van der Waals surface area (Å²) in [5.41, 5.74) is 7.08. The van der Waals surface area contributed by atoms with Gasteiger partial charge in [0.05, 0.1) is 0 Å². The minimum absolute atomic E-state index is 0.374. The van der Waals surface area contributed by atoms with Crippen molar-refractivity contribution in [2.24, 2.45) is 11.7 Å². The van der Waals surface area contributed by atoms with Crippen molar-refractivity contribution in [3.63, 3.8) is 0 Å². The zero-order valence-corrected chi connectivity index (χ0v) is 13.3. The van der Waals surface area contributed by atoms with Crippen molar-refractivity contribution in [2.75, 3.05) is 37.6 Å². The van der Waals surface area contributed by atoms with Gasteiger partial charge < -0.3 is 10.6 Å². The molecule has 2 aliphatic carbocycles. The van der Waals surface area contributed by atoms with Gasteiger partial charge in [-0.05, 0) is 31.6 Å². The Kier molecular flexibility index (Phi) is 4.01. The Balaban J connectivity index is 1.33. The third kappa shape index (κ3) is 2.97. The Morgan fingerprint density at radius 2 is 1.86 bits per heavy atom. The quantitative estimate of drug-likeness (QED) is 0.915. The Bertz CT molecular complexity index is 502. The van der Waals surface area contributed by atoms with Gasteiger partial charge in [-0.25, -0.2) is 9.97 Å². The first kappa shape index (κ1) is 14.4. The van der Waals surface area contributed by atoms with Gasteiger partial charge >= 0.3 is 0 Å². The van der Waals surface area contributed by atoms with Crippen LogP contribution in [0.2, 0.25) is 0 Å². The predicted molar refractivity (Wildman–Crippen MR) is 88.0 cm³/mol. The molecule has 0 unspecified atom stereocenters. The molecule has 2 N–H and O–H groups in total. The highest BCUT2D eigenvalue weighted by atomic mass is 15.3. The van der Waals surface area contributed by atoms with E-state index < -0.39 is 0 Å². The molecule has 1 aromatic heterocycles. The highest BCUT2D eigenvalue weighted by molar-refractivity contribution is 5.40. The van der Waals surface area contributed by atoms with E-state index in [1.807, 2.05) is 0 Å². The molecule has 3 fully saturated rings. The van der Waals surface area contributed by atoms with Gasteiger partial charge in [-0.1, -0.05) is 6.42 Å². The molecule has 0 amide bonds. The van der Waals surface area contributed by atoms with E-state index in [1.165, 1.54) is 44.6 Å². The highest BCUT2D eigenvalue weighted by Crippen LogP contribution is 2.35. The smallest absolute Gasteiger partial charge is 0.132 e. The molecule has 0 aromatic carbocycles. The number of hydrogen-bond donors (Lipinski definition) is 1. The molecule has 0 radical (unpaired) electrons. The average molecular weight is 301 g/mol. The molecule has 4 rings (SSSR count). The molecule has 2 saturated carbocycles. The molecule has 0 spiro atoms. The average Bonchev–Trinajstić information content (AvgIpc) is 2.49. The lowest BCUT2D eigenvalue weighted by molar-refractivity contribution is 0.170. The fourth-order valence-electron chi connectivity index (χ4n) is 3.86. The maximum Gasteiger partial charge on any atom is 0.132 e. The summed E-state index contributed by atoms with van der Waals surface area (Å²) in [7, 11) is 0. The van der Waals surface area contributed by atoms with E-state index in [9.17, 15) is 0 Å². The molecule has 1 aromatic rings. The zero-order valence-electron chi connectivity index (χ0n) is 13.3. The molecule has 1 saturated heterocycles. The number of hydrogen-bond acceptors (Lipinski definition) is 5. The molecule has 0 bridgehead atoms. The Hall–Kier alpha value is -1.20. The van der Waals surface area contributed by atoms with Crippen LogP contribution in [-0.2, 0) is 0 Å². The van der Waals surface area contributed by atoms with Gasteiger partial charge in [0.25, 0.3) is 0 Å². The van der Waals surface area contributed by atoms with Crippen LogP contribution in [0.4, 0.5) is 5.82 Å². The van der Waals surface area contributed by atoms with Crippen LogP contribution in [0.1, 0.15) is 43.7 Å². The summed E-state index contributed by atoms with van der Waals surface area (Å²) in [6.45, 7) is 5.83. The molecule has 1 aliphatic heterocycles. The first-order valence-corrected chi connectivity index (χ1v) is 8.83. The van der Waals surface area contributed by atoms with Crippen LogP contribution in [0.25, 0.3) is 0 Å². The fraction of sp³-hybridized carbons (Fsp3) is 0.765. The third-order valence-electron chi connectivity index (χ3n) is 5.70. The third-order valence-corrected chi connectivity index (χ3v) is 5.70. The van der Waals surface area contributed by atoms with Crippen molar-refractivity contribution in [1.82, 2.24) is 14.9 Å². The number of nitrogens with zero attached hydrogens (tertiary/aromatic N) is 4. The summed E-state index contributed by atoms with van der Waals surface area (Å²) >= 11 is 0. The standard InChI is InChI=1S/C17H27N5/c18-15-8-14(9-15)16-10-17(20-12-19-16)22-6-4-21(5-7-22)11-13-2-1-3-13/h10,12-15H,1-9,11,18H2. The van der Waals surface area contributed by atoms with Gasteiger partial charge in [-0.15, -0.1) is 0 Å². The molecular weight excluding hydrogens is 274 g/mol. The predicted octanol–water partition coefficient (Wildman–Crippen LogP) is 1.60. The van der Waals surface area contributed by atoms with Crippen LogP contribution in [0.15, 0.2) is 12.4 Å². The second-order valence-corrected chi connectivity index (χ2v) is 7.31. The van der Waals surface area contributed by atoms with Gasteiger partial charge in [-0.3, -0.25) is 4.90 Å². The maximum atomic E-state index is 5.90. The van der Waals surface area contributed by atoms with Crippen molar-refractivity contribution in [2.45, 2.75) is 44.1 Å². The van der Waals surface area contributed by atoms with Crippen molar-refractivity contribution in [1.29, 1.82) is 0 Å². The SMILES string of the molecule is NC1CC(c2cc(N3CCN(CC4CCC4)CC3)ncn2)C1. The molecule has 0 atom stereocenters. The normalized spacial score (nSPS) is 30.0. The molecule has 22 heavy (non-hydrogen) atoms. The second kappa shape index (κ2) is 6.13. The zero-order chi connectivity index (χ0) is 14.9. The topological polar surface area (TPSA) is 58.3 Å². The summed E-state index contributed by atoms with van der Waals surface area (Å²) in [6.07, 6.45) is 8.21. The molecule has 3 aliphatic rings. The summed E-state index contributed by atoms with van der Waals surface area (Å²) in [5, 5.41) is 0.